The Balaban J connectivity index is 1.55. The summed E-state index contributed by atoms with van der Waals surface area (Å²) >= 11 is 5.96. The lowest BCUT2D eigenvalue weighted by Crippen LogP contribution is -2.17. The fraction of sp³-hybridized carbons (Fsp3) is 0.188. The Bertz CT molecular complexity index is 691. The van der Waals surface area contributed by atoms with Gasteiger partial charge in [0, 0.05) is 24.5 Å². The second kappa shape index (κ2) is 6.07. The minimum atomic E-state index is 0.731. The van der Waals surface area contributed by atoms with Gasteiger partial charge in [0.25, 0.3) is 0 Å². The van der Waals surface area contributed by atoms with E-state index in [1.807, 2.05) is 24.3 Å². The molecule has 0 aliphatic carbocycles. The molecular formula is C16H16ClN3. The summed E-state index contributed by atoms with van der Waals surface area (Å²) in [6.07, 6.45) is 0.874. The first-order valence-electron chi connectivity index (χ1n) is 6.70. The average Bonchev–Trinajstić information content (AvgIpc) is 2.86. The Kier molecular flexibility index (Phi) is 4.00. The fourth-order valence-electron chi connectivity index (χ4n) is 2.19. The molecule has 0 amide bonds. The minimum Gasteiger partial charge on any atom is -0.342 e. The summed E-state index contributed by atoms with van der Waals surface area (Å²) in [6, 6.07) is 16.1. The average molecular weight is 286 g/mol. The molecule has 20 heavy (non-hydrogen) atoms. The topological polar surface area (TPSA) is 40.7 Å². The molecule has 0 saturated heterocycles. The molecule has 3 rings (SSSR count). The predicted octanol–water partition coefficient (Wildman–Crippen LogP) is 3.55. The summed E-state index contributed by atoms with van der Waals surface area (Å²) in [5.41, 5.74) is 3.26. The largest absolute Gasteiger partial charge is 0.342 e. The molecule has 0 unspecified atom stereocenters. The van der Waals surface area contributed by atoms with E-state index in [1.54, 1.807) is 0 Å². The number of hydrogen-bond donors (Lipinski definition) is 2. The van der Waals surface area contributed by atoms with Gasteiger partial charge in [-0.15, -0.1) is 0 Å². The van der Waals surface area contributed by atoms with E-state index in [-0.39, 0.29) is 0 Å². The predicted molar refractivity (Wildman–Crippen MR) is 83.0 cm³/mol. The monoisotopic (exact) mass is 285 g/mol. The van der Waals surface area contributed by atoms with Crippen molar-refractivity contribution in [3.05, 3.63) is 64.9 Å². The number of nitrogens with one attached hydrogen (secondary N) is 2. The van der Waals surface area contributed by atoms with Crippen molar-refractivity contribution in [1.29, 1.82) is 0 Å². The van der Waals surface area contributed by atoms with E-state index in [1.165, 1.54) is 5.56 Å². The Labute approximate surface area is 123 Å². The second-order valence-corrected chi connectivity index (χ2v) is 5.19. The highest BCUT2D eigenvalue weighted by Gasteiger charge is 2.02. The van der Waals surface area contributed by atoms with E-state index in [4.69, 9.17) is 11.6 Å². The van der Waals surface area contributed by atoms with Gasteiger partial charge in [0.2, 0.25) is 0 Å². The number of aromatic nitrogens is 2. The van der Waals surface area contributed by atoms with Gasteiger partial charge in [-0.05, 0) is 23.8 Å². The summed E-state index contributed by atoms with van der Waals surface area (Å²) in [5, 5.41) is 4.15. The molecule has 4 heteroatoms. The summed E-state index contributed by atoms with van der Waals surface area (Å²) < 4.78 is 0. The molecule has 3 nitrogen and oxygen atoms in total. The highest BCUT2D eigenvalue weighted by molar-refractivity contribution is 6.31. The molecule has 0 radical (unpaired) electrons. The smallest absolute Gasteiger partial charge is 0.108 e. The van der Waals surface area contributed by atoms with E-state index in [2.05, 4.69) is 39.6 Å². The lowest BCUT2D eigenvalue weighted by Gasteiger charge is -2.03. The number of fused-ring (bicyclic) bond motifs is 1. The molecule has 2 N–H and O–H groups in total. The van der Waals surface area contributed by atoms with Gasteiger partial charge in [-0.2, -0.15) is 0 Å². The van der Waals surface area contributed by atoms with Crippen molar-refractivity contribution >= 4 is 22.6 Å². The Morgan fingerprint density at radius 2 is 1.95 bits per heavy atom. The van der Waals surface area contributed by atoms with Crippen molar-refractivity contribution in [1.82, 2.24) is 15.3 Å². The quantitative estimate of drug-likeness (QED) is 0.704. The van der Waals surface area contributed by atoms with Crippen molar-refractivity contribution in [2.75, 3.05) is 6.54 Å². The van der Waals surface area contributed by atoms with Gasteiger partial charge < -0.3 is 10.3 Å². The molecule has 102 valence electrons. The molecule has 0 aliphatic heterocycles. The van der Waals surface area contributed by atoms with Crippen LogP contribution in [0.3, 0.4) is 0 Å². The third kappa shape index (κ3) is 3.18. The number of rotatable bonds is 5. The number of benzene rings is 2. The first-order valence-corrected chi connectivity index (χ1v) is 7.08. The van der Waals surface area contributed by atoms with Crippen molar-refractivity contribution in [3.63, 3.8) is 0 Å². The third-order valence-electron chi connectivity index (χ3n) is 3.20. The molecule has 0 atom stereocenters. The molecule has 0 fully saturated rings. The van der Waals surface area contributed by atoms with E-state index in [9.17, 15) is 0 Å². The first kappa shape index (κ1) is 13.2. The minimum absolute atomic E-state index is 0.731. The molecule has 0 spiro atoms. The Hall–Kier alpha value is -1.84. The van der Waals surface area contributed by atoms with Gasteiger partial charge in [-0.3, -0.25) is 0 Å². The van der Waals surface area contributed by atoms with E-state index >= 15 is 0 Å². The van der Waals surface area contributed by atoms with Gasteiger partial charge >= 0.3 is 0 Å². The lowest BCUT2D eigenvalue weighted by atomic mass is 10.2. The summed E-state index contributed by atoms with van der Waals surface area (Å²) in [5.74, 6) is 0.989. The van der Waals surface area contributed by atoms with E-state index in [0.29, 0.717) is 0 Å². The molecule has 0 aliphatic rings. The van der Waals surface area contributed by atoms with E-state index < -0.39 is 0 Å². The molecule has 0 bridgehead atoms. The fourth-order valence-corrected chi connectivity index (χ4v) is 2.36. The highest BCUT2D eigenvalue weighted by atomic mass is 35.5. The maximum Gasteiger partial charge on any atom is 0.108 e. The molecule has 2 aromatic carbocycles. The van der Waals surface area contributed by atoms with Crippen LogP contribution in [-0.4, -0.2) is 16.5 Å². The van der Waals surface area contributed by atoms with Crippen LogP contribution in [0.4, 0.5) is 0 Å². The Morgan fingerprint density at radius 3 is 2.80 bits per heavy atom. The molecule has 0 saturated carbocycles. The summed E-state index contributed by atoms with van der Waals surface area (Å²) in [6.45, 7) is 1.77. The number of aromatic amines is 1. The second-order valence-electron chi connectivity index (χ2n) is 4.76. The van der Waals surface area contributed by atoms with Crippen molar-refractivity contribution < 1.29 is 0 Å². The molecule has 3 aromatic rings. The lowest BCUT2D eigenvalue weighted by molar-refractivity contribution is 0.675. The third-order valence-corrected chi connectivity index (χ3v) is 3.44. The maximum atomic E-state index is 5.96. The zero-order valence-corrected chi connectivity index (χ0v) is 11.8. The number of nitrogens with zero attached hydrogens (tertiary/aromatic N) is 1. The maximum absolute atomic E-state index is 5.96. The summed E-state index contributed by atoms with van der Waals surface area (Å²) in [4.78, 5) is 7.84. The van der Waals surface area contributed by atoms with Crippen LogP contribution in [0, 0.1) is 0 Å². The van der Waals surface area contributed by atoms with Crippen LogP contribution < -0.4 is 5.32 Å². The van der Waals surface area contributed by atoms with Gasteiger partial charge in [0.15, 0.2) is 0 Å². The van der Waals surface area contributed by atoms with Crippen LogP contribution in [0.25, 0.3) is 11.0 Å². The molecule has 1 heterocycles. The van der Waals surface area contributed by atoms with Crippen LogP contribution >= 0.6 is 11.6 Å². The number of imidazole rings is 1. The first-order chi connectivity index (χ1) is 9.81. The van der Waals surface area contributed by atoms with Crippen molar-refractivity contribution in [2.45, 2.75) is 13.0 Å². The number of H-pyrrole nitrogens is 1. The van der Waals surface area contributed by atoms with Gasteiger partial charge in [0.05, 0.1) is 11.0 Å². The van der Waals surface area contributed by atoms with Gasteiger partial charge in [0.1, 0.15) is 5.82 Å². The highest BCUT2D eigenvalue weighted by Crippen LogP contribution is 2.17. The van der Waals surface area contributed by atoms with E-state index in [0.717, 1.165) is 41.4 Å². The standard InChI is InChI=1S/C16H16ClN3/c17-13-6-7-14-15(10-13)20-16(19-14)8-9-18-11-12-4-2-1-3-5-12/h1-7,10,18H,8-9,11H2,(H,19,20). The SMILES string of the molecule is Clc1ccc2nc(CCNCc3ccccc3)[nH]c2c1. The van der Waals surface area contributed by atoms with Crippen molar-refractivity contribution in [3.8, 4) is 0 Å². The normalized spacial score (nSPS) is 11.1. The zero-order valence-electron chi connectivity index (χ0n) is 11.1. The van der Waals surface area contributed by atoms with Crippen LogP contribution in [-0.2, 0) is 13.0 Å². The summed E-state index contributed by atoms with van der Waals surface area (Å²) in [7, 11) is 0. The zero-order chi connectivity index (χ0) is 13.8. The molecular weight excluding hydrogens is 270 g/mol. The van der Waals surface area contributed by atoms with Gasteiger partial charge in [-0.1, -0.05) is 41.9 Å². The van der Waals surface area contributed by atoms with Crippen LogP contribution in [0.5, 0.6) is 0 Å². The van der Waals surface area contributed by atoms with Crippen LogP contribution in [0.2, 0.25) is 5.02 Å². The number of hydrogen-bond acceptors (Lipinski definition) is 2. The van der Waals surface area contributed by atoms with Crippen molar-refractivity contribution in [2.24, 2.45) is 0 Å². The number of halogens is 1. The van der Waals surface area contributed by atoms with Gasteiger partial charge in [-0.25, -0.2) is 4.98 Å². The Morgan fingerprint density at radius 1 is 1.10 bits per heavy atom. The molecule has 1 aromatic heterocycles. The van der Waals surface area contributed by atoms with Crippen LogP contribution in [0.1, 0.15) is 11.4 Å². The van der Waals surface area contributed by atoms with Crippen LogP contribution in [0.15, 0.2) is 48.5 Å².